The minimum Gasteiger partial charge on any atom is -0.508 e. The summed E-state index contributed by atoms with van der Waals surface area (Å²) >= 11 is 0. The zero-order valence-electron chi connectivity index (χ0n) is 12.7. The number of aromatic hydroxyl groups is 1. The second-order valence-electron chi connectivity index (χ2n) is 6.08. The number of aryl methyl sites for hydroxylation is 1. The number of benzene rings is 1. The van der Waals surface area contributed by atoms with Crippen LogP contribution in [0.5, 0.6) is 5.75 Å². The molecule has 20 heavy (non-hydrogen) atoms. The van der Waals surface area contributed by atoms with E-state index in [1.807, 2.05) is 6.07 Å². The first-order chi connectivity index (χ1) is 9.66. The molecule has 3 nitrogen and oxygen atoms in total. The van der Waals surface area contributed by atoms with Crippen molar-refractivity contribution in [2.75, 3.05) is 19.8 Å². The quantitative estimate of drug-likeness (QED) is 0.750. The Balaban J connectivity index is 1.75. The summed E-state index contributed by atoms with van der Waals surface area (Å²) in [6.07, 6.45) is 4.56. The third-order valence-electron chi connectivity index (χ3n) is 3.92. The van der Waals surface area contributed by atoms with E-state index in [9.17, 15) is 5.11 Å². The lowest BCUT2D eigenvalue weighted by Crippen LogP contribution is -2.28. The number of phenols is 1. The van der Waals surface area contributed by atoms with E-state index < -0.39 is 0 Å². The maximum Gasteiger partial charge on any atom is 0.115 e. The van der Waals surface area contributed by atoms with Gasteiger partial charge in [-0.05, 0) is 54.9 Å². The fourth-order valence-electron chi connectivity index (χ4n) is 2.74. The monoisotopic (exact) mass is 277 g/mol. The van der Waals surface area contributed by atoms with Crippen LogP contribution in [-0.2, 0) is 11.2 Å². The molecule has 0 saturated carbocycles. The minimum absolute atomic E-state index is 0.376. The average Bonchev–Trinajstić information content (AvgIpc) is 2.42. The van der Waals surface area contributed by atoms with Crippen LogP contribution in [-0.4, -0.2) is 24.9 Å². The Morgan fingerprint density at radius 3 is 3.00 bits per heavy atom. The first-order valence-electron chi connectivity index (χ1n) is 7.79. The maximum atomic E-state index is 9.55. The van der Waals surface area contributed by atoms with Crippen LogP contribution in [0.4, 0.5) is 0 Å². The Morgan fingerprint density at radius 2 is 2.20 bits per heavy atom. The number of ether oxygens (including phenoxy) is 1. The molecule has 0 spiro atoms. The molecule has 2 N–H and O–H groups in total. The van der Waals surface area contributed by atoms with Gasteiger partial charge >= 0.3 is 0 Å². The summed E-state index contributed by atoms with van der Waals surface area (Å²) < 4.78 is 5.64. The number of phenolic OH excluding ortho intramolecular Hbond substituents is 1. The van der Waals surface area contributed by atoms with Crippen LogP contribution in [0.3, 0.4) is 0 Å². The second-order valence-corrected chi connectivity index (χ2v) is 6.08. The highest BCUT2D eigenvalue weighted by molar-refractivity contribution is 5.38. The van der Waals surface area contributed by atoms with Gasteiger partial charge in [-0.2, -0.15) is 0 Å². The Morgan fingerprint density at radius 1 is 1.35 bits per heavy atom. The van der Waals surface area contributed by atoms with Crippen molar-refractivity contribution < 1.29 is 9.84 Å². The molecule has 0 aliphatic heterocycles. The zero-order chi connectivity index (χ0) is 14.4. The van der Waals surface area contributed by atoms with Crippen molar-refractivity contribution in [3.8, 4) is 5.75 Å². The van der Waals surface area contributed by atoms with Gasteiger partial charge in [0, 0.05) is 19.2 Å². The van der Waals surface area contributed by atoms with E-state index in [-0.39, 0.29) is 0 Å². The standard InChI is InChI=1S/C17H27NO2/c1-13(2)8-10-20-11-9-18-17-5-3-4-14-12-15(19)6-7-16(14)17/h6-7,12-13,17-19H,3-5,8-11H2,1-2H3. The molecule has 0 saturated heterocycles. The lowest BCUT2D eigenvalue weighted by molar-refractivity contribution is 0.123. The molecule has 0 amide bonds. The van der Waals surface area contributed by atoms with Crippen molar-refractivity contribution in [3.63, 3.8) is 0 Å². The van der Waals surface area contributed by atoms with Gasteiger partial charge in [0.2, 0.25) is 0 Å². The lowest BCUT2D eigenvalue weighted by atomic mass is 9.87. The molecule has 1 atom stereocenters. The van der Waals surface area contributed by atoms with Crippen molar-refractivity contribution in [1.82, 2.24) is 5.32 Å². The van der Waals surface area contributed by atoms with Crippen molar-refractivity contribution in [2.24, 2.45) is 5.92 Å². The summed E-state index contributed by atoms with van der Waals surface area (Å²) in [4.78, 5) is 0. The topological polar surface area (TPSA) is 41.5 Å². The van der Waals surface area contributed by atoms with E-state index >= 15 is 0 Å². The Hall–Kier alpha value is -1.06. The van der Waals surface area contributed by atoms with Gasteiger partial charge in [0.05, 0.1) is 6.61 Å². The average molecular weight is 277 g/mol. The van der Waals surface area contributed by atoms with Crippen LogP contribution in [0.1, 0.15) is 50.3 Å². The van der Waals surface area contributed by atoms with E-state index in [1.165, 1.54) is 24.0 Å². The smallest absolute Gasteiger partial charge is 0.115 e. The summed E-state index contributed by atoms with van der Waals surface area (Å²) in [6.45, 7) is 6.96. The molecule has 1 unspecified atom stereocenters. The number of nitrogens with one attached hydrogen (secondary N) is 1. The molecule has 0 fully saturated rings. The number of fused-ring (bicyclic) bond motifs is 1. The van der Waals surface area contributed by atoms with Crippen LogP contribution in [0.15, 0.2) is 18.2 Å². The first-order valence-corrected chi connectivity index (χ1v) is 7.79. The van der Waals surface area contributed by atoms with Gasteiger partial charge in [-0.3, -0.25) is 0 Å². The molecule has 1 aliphatic rings. The predicted molar refractivity (Wildman–Crippen MR) is 82.1 cm³/mol. The number of hydrogen-bond acceptors (Lipinski definition) is 3. The van der Waals surface area contributed by atoms with Gasteiger partial charge < -0.3 is 15.2 Å². The molecule has 0 bridgehead atoms. The highest BCUT2D eigenvalue weighted by Gasteiger charge is 2.19. The van der Waals surface area contributed by atoms with E-state index in [0.29, 0.717) is 17.7 Å². The van der Waals surface area contributed by atoms with Gasteiger partial charge in [-0.15, -0.1) is 0 Å². The van der Waals surface area contributed by atoms with Gasteiger partial charge in [0.15, 0.2) is 0 Å². The highest BCUT2D eigenvalue weighted by Crippen LogP contribution is 2.31. The molecule has 0 heterocycles. The predicted octanol–water partition coefficient (Wildman–Crippen LogP) is 3.42. The summed E-state index contributed by atoms with van der Waals surface area (Å²) in [6, 6.07) is 6.16. The van der Waals surface area contributed by atoms with Gasteiger partial charge in [-0.25, -0.2) is 0 Å². The van der Waals surface area contributed by atoms with E-state index in [4.69, 9.17) is 4.74 Å². The van der Waals surface area contributed by atoms with Gasteiger partial charge in [-0.1, -0.05) is 19.9 Å². The van der Waals surface area contributed by atoms with Crippen molar-refractivity contribution in [3.05, 3.63) is 29.3 Å². The van der Waals surface area contributed by atoms with Crippen molar-refractivity contribution in [2.45, 2.75) is 45.6 Å². The second kappa shape index (κ2) is 7.65. The molecule has 0 aromatic heterocycles. The fourth-order valence-corrected chi connectivity index (χ4v) is 2.74. The molecule has 3 heteroatoms. The van der Waals surface area contributed by atoms with Crippen molar-refractivity contribution in [1.29, 1.82) is 0 Å². The fraction of sp³-hybridized carbons (Fsp3) is 0.647. The summed E-state index contributed by atoms with van der Waals surface area (Å²) in [7, 11) is 0. The van der Waals surface area contributed by atoms with Crippen LogP contribution >= 0.6 is 0 Å². The Kier molecular flexibility index (Phi) is 5.86. The molecule has 1 aromatic rings. The SMILES string of the molecule is CC(C)CCOCCNC1CCCc2cc(O)ccc21. The summed E-state index contributed by atoms with van der Waals surface area (Å²) in [5, 5.41) is 13.1. The molecule has 1 aliphatic carbocycles. The Bertz CT molecular complexity index is 417. The van der Waals surface area contributed by atoms with Crippen LogP contribution in [0.2, 0.25) is 0 Å². The highest BCUT2D eigenvalue weighted by atomic mass is 16.5. The Labute approximate surface area is 122 Å². The largest absolute Gasteiger partial charge is 0.508 e. The lowest BCUT2D eigenvalue weighted by Gasteiger charge is -2.26. The van der Waals surface area contributed by atoms with E-state index in [0.717, 1.165) is 32.6 Å². The van der Waals surface area contributed by atoms with Gasteiger partial charge in [0.25, 0.3) is 0 Å². The van der Waals surface area contributed by atoms with E-state index in [2.05, 4.69) is 25.2 Å². The van der Waals surface area contributed by atoms with Crippen molar-refractivity contribution >= 4 is 0 Å². The third kappa shape index (κ3) is 4.50. The van der Waals surface area contributed by atoms with Crippen LogP contribution < -0.4 is 5.32 Å². The minimum atomic E-state index is 0.376. The van der Waals surface area contributed by atoms with Crippen LogP contribution in [0.25, 0.3) is 0 Å². The summed E-state index contributed by atoms with van der Waals surface area (Å²) in [5.41, 5.74) is 2.63. The number of hydrogen-bond donors (Lipinski definition) is 2. The zero-order valence-corrected chi connectivity index (χ0v) is 12.7. The van der Waals surface area contributed by atoms with Gasteiger partial charge in [0.1, 0.15) is 5.75 Å². The molecule has 1 aromatic carbocycles. The molecule has 112 valence electrons. The molecule has 0 radical (unpaired) electrons. The van der Waals surface area contributed by atoms with E-state index in [1.54, 1.807) is 6.07 Å². The normalized spacial score (nSPS) is 18.2. The molecular weight excluding hydrogens is 250 g/mol. The first kappa shape index (κ1) is 15.3. The summed E-state index contributed by atoms with van der Waals surface area (Å²) in [5.74, 6) is 1.09. The number of rotatable bonds is 7. The molecular formula is C17H27NO2. The third-order valence-corrected chi connectivity index (χ3v) is 3.92. The van der Waals surface area contributed by atoms with Crippen LogP contribution in [0, 0.1) is 5.92 Å². The molecule has 2 rings (SSSR count). The maximum absolute atomic E-state index is 9.55.